The number of alkyl halides is 1. The molecule has 0 saturated carbocycles. The molecule has 0 bridgehead atoms. The monoisotopic (exact) mass is 404 g/mol. The van der Waals surface area contributed by atoms with Crippen molar-refractivity contribution in [3.05, 3.63) is 10.4 Å². The number of halogens is 1. The predicted octanol–water partition coefficient (Wildman–Crippen LogP) is 4.13. The van der Waals surface area contributed by atoms with Crippen molar-refractivity contribution >= 4 is 18.2 Å². The van der Waals surface area contributed by atoms with Crippen molar-refractivity contribution in [1.82, 2.24) is 4.90 Å². The van der Waals surface area contributed by atoms with E-state index in [1.54, 1.807) is 41.5 Å². The number of amides is 2. The van der Waals surface area contributed by atoms with Crippen molar-refractivity contribution in [2.75, 3.05) is 13.7 Å². The highest BCUT2D eigenvalue weighted by atomic mass is 19.1. The van der Waals surface area contributed by atoms with Gasteiger partial charge in [-0.25, -0.2) is 18.8 Å². The molecule has 0 fully saturated rings. The topological polar surface area (TPSA) is 131 Å². The lowest BCUT2D eigenvalue weighted by Gasteiger charge is -2.32. The summed E-state index contributed by atoms with van der Waals surface area (Å²) in [6, 6.07) is -1.47. The van der Waals surface area contributed by atoms with Gasteiger partial charge in [-0.15, -0.1) is 0 Å². The molecule has 0 radical (unpaired) electrons. The maximum atomic E-state index is 13.9. The van der Waals surface area contributed by atoms with Gasteiger partial charge in [-0.2, -0.15) is 4.90 Å². The molecule has 0 aromatic heterocycles. The van der Waals surface area contributed by atoms with Crippen LogP contribution in [0.4, 0.5) is 14.0 Å². The maximum Gasteiger partial charge on any atom is 0.420 e. The largest absolute Gasteiger partial charge is 0.467 e. The van der Waals surface area contributed by atoms with E-state index in [1.807, 2.05) is 0 Å². The summed E-state index contributed by atoms with van der Waals surface area (Å²) in [5.41, 5.74) is 6.34. The van der Waals surface area contributed by atoms with Crippen molar-refractivity contribution in [3.63, 3.8) is 0 Å². The second kappa shape index (κ2) is 10.7. The number of methoxy groups -OCH3 is 1. The van der Waals surface area contributed by atoms with E-state index in [1.165, 1.54) is 0 Å². The molecular weight excluding hydrogens is 375 g/mol. The zero-order chi connectivity index (χ0) is 22.1. The van der Waals surface area contributed by atoms with Gasteiger partial charge < -0.3 is 14.2 Å². The minimum atomic E-state index is -1.57. The third kappa shape index (κ3) is 9.96. The van der Waals surface area contributed by atoms with Crippen LogP contribution in [-0.2, 0) is 19.0 Å². The molecule has 0 aromatic rings. The number of hydrogen-bond acceptors (Lipinski definition) is 7. The van der Waals surface area contributed by atoms with E-state index in [2.05, 4.69) is 14.8 Å². The van der Waals surface area contributed by atoms with E-state index in [0.717, 1.165) is 7.11 Å². The van der Waals surface area contributed by atoms with Crippen LogP contribution in [0, 0.1) is 0 Å². The zero-order valence-electron chi connectivity index (χ0n) is 17.4. The Kier molecular flexibility index (Phi) is 9.72. The lowest BCUT2D eigenvalue weighted by molar-refractivity contribution is -0.147. The molecule has 160 valence electrons. The first-order chi connectivity index (χ1) is 12.7. The lowest BCUT2D eigenvalue weighted by Crippen LogP contribution is -2.52. The lowest BCUT2D eigenvalue weighted by atomic mass is 10.1. The Bertz CT molecular complexity index is 580. The number of imide groups is 1. The van der Waals surface area contributed by atoms with Crippen LogP contribution in [0.2, 0.25) is 0 Å². The van der Waals surface area contributed by atoms with Crippen LogP contribution >= 0.6 is 0 Å². The molecule has 0 aliphatic carbocycles. The summed E-state index contributed by atoms with van der Waals surface area (Å²) in [5.74, 6) is -0.937. The molecule has 0 saturated heterocycles. The Hall–Kier alpha value is -2.55. The van der Waals surface area contributed by atoms with Gasteiger partial charge in [0.05, 0.1) is 13.7 Å². The van der Waals surface area contributed by atoms with Crippen LogP contribution in [0.5, 0.6) is 0 Å². The number of carbonyl (C=O) groups is 3. The molecule has 0 heterocycles. The van der Waals surface area contributed by atoms with Crippen molar-refractivity contribution in [2.45, 2.75) is 77.8 Å². The number of esters is 1. The second-order valence-electron chi connectivity index (χ2n) is 7.96. The molecule has 0 aromatic carbocycles. The summed E-state index contributed by atoms with van der Waals surface area (Å²) in [7, 11) is 1.07. The predicted molar refractivity (Wildman–Crippen MR) is 98.3 cm³/mol. The minimum Gasteiger partial charge on any atom is -0.467 e. The number of nitrogens with zero attached hydrogens (tertiary/aromatic N) is 4. The zero-order valence-corrected chi connectivity index (χ0v) is 17.4. The Labute approximate surface area is 163 Å². The summed E-state index contributed by atoms with van der Waals surface area (Å²) >= 11 is 0. The van der Waals surface area contributed by atoms with Gasteiger partial charge in [0.2, 0.25) is 0 Å². The molecule has 2 amide bonds. The van der Waals surface area contributed by atoms with E-state index in [-0.39, 0.29) is 12.8 Å². The molecule has 11 heteroatoms. The Morgan fingerprint density at radius 2 is 1.50 bits per heavy atom. The summed E-state index contributed by atoms with van der Waals surface area (Å²) in [6.07, 6.45) is -4.35. The highest BCUT2D eigenvalue weighted by Crippen LogP contribution is 2.21. The van der Waals surface area contributed by atoms with Crippen molar-refractivity contribution in [3.8, 4) is 0 Å². The fourth-order valence-corrected chi connectivity index (χ4v) is 1.99. The van der Waals surface area contributed by atoms with Gasteiger partial charge in [0, 0.05) is 4.91 Å². The molecule has 2 atom stereocenters. The van der Waals surface area contributed by atoms with Crippen LogP contribution in [0.1, 0.15) is 54.4 Å². The Morgan fingerprint density at radius 1 is 1.04 bits per heavy atom. The number of hydrogen-bond donors (Lipinski definition) is 0. The Balaban J connectivity index is 5.74. The van der Waals surface area contributed by atoms with Crippen LogP contribution in [0.25, 0.3) is 10.4 Å². The second-order valence-corrected chi connectivity index (χ2v) is 7.96. The highest BCUT2D eigenvalue weighted by molar-refractivity contribution is 5.94. The van der Waals surface area contributed by atoms with Gasteiger partial charge in [0.25, 0.3) is 0 Å². The van der Waals surface area contributed by atoms with Gasteiger partial charge in [0.1, 0.15) is 23.4 Å². The standard InChI is InChI=1S/C17H29FN4O6/c1-16(2,3)27-14(24)22(15(25)28-17(4,5)6)12(13(23)26-7)9-8-11(18)10-20-21-19/h11-12H,8-10H2,1-7H3/t11?,12-/m1/s1. The number of ether oxygens (including phenoxy) is 3. The minimum absolute atomic E-state index is 0.263. The molecule has 28 heavy (non-hydrogen) atoms. The Morgan fingerprint density at radius 3 is 1.86 bits per heavy atom. The van der Waals surface area contributed by atoms with E-state index in [0.29, 0.717) is 4.90 Å². The fraction of sp³-hybridized carbons (Fsp3) is 0.824. The SMILES string of the molecule is COC(=O)[C@@H](CCC(F)CN=[N+]=[N-])N(C(=O)OC(C)(C)C)C(=O)OC(C)(C)C. The number of rotatable bonds is 7. The summed E-state index contributed by atoms with van der Waals surface area (Å²) < 4.78 is 28.9. The average Bonchev–Trinajstić information content (AvgIpc) is 2.52. The molecule has 0 spiro atoms. The summed E-state index contributed by atoms with van der Waals surface area (Å²) in [5, 5.41) is 3.12. The van der Waals surface area contributed by atoms with Gasteiger partial charge in [-0.05, 0) is 59.9 Å². The van der Waals surface area contributed by atoms with Crippen LogP contribution in [0.15, 0.2) is 5.11 Å². The van der Waals surface area contributed by atoms with Gasteiger partial charge in [-0.3, -0.25) is 0 Å². The molecule has 0 aliphatic heterocycles. The number of carbonyl (C=O) groups excluding carboxylic acids is 3. The van der Waals surface area contributed by atoms with Gasteiger partial charge in [0.15, 0.2) is 0 Å². The smallest absolute Gasteiger partial charge is 0.420 e. The maximum absolute atomic E-state index is 13.9. The van der Waals surface area contributed by atoms with E-state index < -0.39 is 48.1 Å². The molecular formula is C17H29FN4O6. The van der Waals surface area contributed by atoms with E-state index in [9.17, 15) is 18.8 Å². The third-order valence-corrected chi connectivity index (χ3v) is 3.06. The van der Waals surface area contributed by atoms with Crippen LogP contribution < -0.4 is 0 Å². The molecule has 0 aliphatic rings. The third-order valence-electron chi connectivity index (χ3n) is 3.06. The van der Waals surface area contributed by atoms with Crippen LogP contribution in [-0.4, -0.2) is 60.1 Å². The highest BCUT2D eigenvalue weighted by Gasteiger charge is 2.41. The summed E-state index contributed by atoms with van der Waals surface area (Å²) in [6.45, 7) is 9.08. The molecule has 1 unspecified atom stereocenters. The quantitative estimate of drug-likeness (QED) is 0.206. The van der Waals surface area contributed by atoms with Gasteiger partial charge >= 0.3 is 18.2 Å². The average molecular weight is 404 g/mol. The van der Waals surface area contributed by atoms with Crippen molar-refractivity contribution in [2.24, 2.45) is 5.11 Å². The fourth-order valence-electron chi connectivity index (χ4n) is 1.99. The first-order valence-corrected chi connectivity index (χ1v) is 8.69. The molecule has 0 rings (SSSR count). The molecule has 10 nitrogen and oxygen atoms in total. The summed E-state index contributed by atoms with van der Waals surface area (Å²) in [4.78, 5) is 40.4. The van der Waals surface area contributed by atoms with Gasteiger partial charge in [-0.1, -0.05) is 5.11 Å². The van der Waals surface area contributed by atoms with E-state index >= 15 is 0 Å². The van der Waals surface area contributed by atoms with Crippen LogP contribution in [0.3, 0.4) is 0 Å². The first kappa shape index (κ1) is 25.4. The van der Waals surface area contributed by atoms with Crippen molar-refractivity contribution < 1.29 is 33.0 Å². The number of azide groups is 1. The first-order valence-electron chi connectivity index (χ1n) is 8.69. The normalized spacial score (nSPS) is 13.6. The van der Waals surface area contributed by atoms with E-state index in [4.69, 9.17) is 15.0 Å². The molecule has 0 N–H and O–H groups in total. The van der Waals surface area contributed by atoms with Crippen molar-refractivity contribution in [1.29, 1.82) is 0 Å².